The highest BCUT2D eigenvalue weighted by Crippen LogP contribution is 2.29. The van der Waals surface area contributed by atoms with Gasteiger partial charge in [-0.25, -0.2) is 13.2 Å². The molecule has 1 heterocycles. The van der Waals surface area contributed by atoms with Gasteiger partial charge >= 0.3 is 5.97 Å². The minimum atomic E-state index is -3.90. The monoisotopic (exact) mass is 351 g/mol. The number of carboxylic acid groups (broad SMARTS) is 1. The molecule has 20 heavy (non-hydrogen) atoms. The van der Waals surface area contributed by atoms with Crippen LogP contribution in [0.4, 0.5) is 5.69 Å². The molecule has 0 radical (unpaired) electrons. The van der Waals surface area contributed by atoms with E-state index in [2.05, 4.69) is 4.72 Å². The quantitative estimate of drug-likeness (QED) is 0.881. The number of hydrogen-bond donors (Lipinski definition) is 2. The summed E-state index contributed by atoms with van der Waals surface area (Å²) in [4.78, 5) is 10.8. The summed E-state index contributed by atoms with van der Waals surface area (Å²) in [5, 5.41) is 10.5. The van der Waals surface area contributed by atoms with Gasteiger partial charge in [0.15, 0.2) is 0 Å². The molecule has 0 saturated heterocycles. The van der Waals surface area contributed by atoms with Crippen LogP contribution in [0.2, 0.25) is 10.0 Å². The largest absolute Gasteiger partial charge is 0.478 e. The van der Waals surface area contributed by atoms with Gasteiger partial charge in [0, 0.05) is 10.4 Å². The van der Waals surface area contributed by atoms with Crippen molar-refractivity contribution < 1.29 is 18.3 Å². The zero-order valence-corrected chi connectivity index (χ0v) is 12.8. The van der Waals surface area contributed by atoms with Crippen LogP contribution in [-0.4, -0.2) is 19.5 Å². The molecule has 106 valence electrons. The number of sulfonamides is 1. The van der Waals surface area contributed by atoms with Gasteiger partial charge in [0.1, 0.15) is 4.21 Å². The molecule has 1 aromatic carbocycles. The van der Waals surface area contributed by atoms with Crippen molar-refractivity contribution in [3.05, 3.63) is 45.3 Å². The average molecular weight is 352 g/mol. The van der Waals surface area contributed by atoms with Gasteiger partial charge in [-0.2, -0.15) is 0 Å². The Labute approximate surface area is 128 Å². The van der Waals surface area contributed by atoms with E-state index in [4.69, 9.17) is 28.3 Å². The van der Waals surface area contributed by atoms with E-state index in [0.717, 1.165) is 17.4 Å². The van der Waals surface area contributed by atoms with Crippen LogP contribution in [0.3, 0.4) is 0 Å². The van der Waals surface area contributed by atoms with Crippen LogP contribution < -0.4 is 4.72 Å². The molecule has 5 nitrogen and oxygen atoms in total. The van der Waals surface area contributed by atoms with Crippen molar-refractivity contribution in [3.8, 4) is 0 Å². The molecule has 1 aromatic heterocycles. The zero-order valence-electron chi connectivity index (χ0n) is 9.63. The van der Waals surface area contributed by atoms with E-state index < -0.39 is 16.0 Å². The van der Waals surface area contributed by atoms with Gasteiger partial charge in [0.25, 0.3) is 10.0 Å². The molecule has 0 fully saturated rings. The van der Waals surface area contributed by atoms with E-state index in [1.807, 2.05) is 0 Å². The summed E-state index contributed by atoms with van der Waals surface area (Å²) in [6.45, 7) is 0. The maximum Gasteiger partial charge on any atom is 0.336 e. The summed E-state index contributed by atoms with van der Waals surface area (Å²) >= 11 is 12.4. The molecule has 9 heteroatoms. The SMILES string of the molecule is O=C(O)c1csc(S(=O)(=O)Nc2cc(Cl)ccc2Cl)c1. The second-order valence-electron chi connectivity index (χ2n) is 3.69. The second kappa shape index (κ2) is 5.61. The third kappa shape index (κ3) is 3.24. The van der Waals surface area contributed by atoms with Gasteiger partial charge in [-0.3, -0.25) is 4.72 Å². The molecule has 0 amide bonds. The first-order valence-corrected chi connectivity index (χ1v) is 8.21. The van der Waals surface area contributed by atoms with Crippen LogP contribution >= 0.6 is 34.5 Å². The van der Waals surface area contributed by atoms with Crippen LogP contribution in [0.15, 0.2) is 33.9 Å². The molecule has 0 spiro atoms. The molecular formula is C11H7Cl2NO4S2. The minimum absolute atomic E-state index is 0.0902. The van der Waals surface area contributed by atoms with Crippen LogP contribution in [0.25, 0.3) is 0 Å². The summed E-state index contributed by atoms with van der Waals surface area (Å²) in [5.41, 5.74) is 0.0389. The van der Waals surface area contributed by atoms with Gasteiger partial charge in [-0.15, -0.1) is 11.3 Å². The molecule has 0 aliphatic rings. The fourth-order valence-electron chi connectivity index (χ4n) is 1.34. The van der Waals surface area contributed by atoms with Gasteiger partial charge in [0.2, 0.25) is 0 Å². The van der Waals surface area contributed by atoms with Gasteiger partial charge in [-0.1, -0.05) is 23.2 Å². The minimum Gasteiger partial charge on any atom is -0.478 e. The lowest BCUT2D eigenvalue weighted by molar-refractivity contribution is 0.0697. The van der Waals surface area contributed by atoms with Crippen molar-refractivity contribution in [1.29, 1.82) is 0 Å². The smallest absolute Gasteiger partial charge is 0.336 e. The summed E-state index contributed by atoms with van der Waals surface area (Å²) in [5.74, 6) is -1.19. The summed E-state index contributed by atoms with van der Waals surface area (Å²) in [7, 11) is -3.90. The predicted octanol–water partition coefficient (Wildman–Crippen LogP) is 3.55. The Morgan fingerprint density at radius 1 is 1.25 bits per heavy atom. The molecule has 0 aliphatic heterocycles. The van der Waals surface area contributed by atoms with E-state index in [1.54, 1.807) is 0 Å². The number of hydrogen-bond acceptors (Lipinski definition) is 4. The van der Waals surface area contributed by atoms with Crippen molar-refractivity contribution in [2.24, 2.45) is 0 Å². The van der Waals surface area contributed by atoms with Gasteiger partial charge in [0.05, 0.1) is 16.3 Å². The third-order valence-electron chi connectivity index (χ3n) is 2.26. The lowest BCUT2D eigenvalue weighted by Crippen LogP contribution is -2.12. The van der Waals surface area contributed by atoms with Gasteiger partial charge in [-0.05, 0) is 24.3 Å². The number of thiophene rings is 1. The lowest BCUT2D eigenvalue weighted by Gasteiger charge is -2.08. The second-order valence-corrected chi connectivity index (χ2v) is 7.35. The number of carbonyl (C=O) groups is 1. The Balaban J connectivity index is 2.35. The third-order valence-corrected chi connectivity index (χ3v) is 5.63. The van der Waals surface area contributed by atoms with Crippen molar-refractivity contribution in [2.45, 2.75) is 4.21 Å². The van der Waals surface area contributed by atoms with Crippen LogP contribution in [0.5, 0.6) is 0 Å². The van der Waals surface area contributed by atoms with Gasteiger partial charge < -0.3 is 5.11 Å². The Kier molecular flexibility index (Phi) is 4.24. The summed E-state index contributed by atoms with van der Waals surface area (Å²) in [6.07, 6.45) is 0. The number of anilines is 1. The highest BCUT2D eigenvalue weighted by atomic mass is 35.5. The predicted molar refractivity (Wildman–Crippen MR) is 78.5 cm³/mol. The van der Waals surface area contributed by atoms with Crippen molar-refractivity contribution >= 4 is 56.2 Å². The molecular weight excluding hydrogens is 345 g/mol. The van der Waals surface area contributed by atoms with Crippen LogP contribution in [-0.2, 0) is 10.0 Å². The van der Waals surface area contributed by atoms with Crippen molar-refractivity contribution in [2.75, 3.05) is 4.72 Å². The molecule has 2 rings (SSSR count). The molecule has 0 bridgehead atoms. The Morgan fingerprint density at radius 3 is 2.55 bits per heavy atom. The number of nitrogens with one attached hydrogen (secondary N) is 1. The molecule has 0 aliphatic carbocycles. The highest BCUT2D eigenvalue weighted by molar-refractivity contribution is 7.94. The standard InChI is InChI=1S/C11H7Cl2NO4S2/c12-7-1-2-8(13)9(4-7)14-20(17,18)10-3-6(5-19-10)11(15)16/h1-5,14H,(H,15,16). The number of benzene rings is 1. The van der Waals surface area contributed by atoms with E-state index in [0.29, 0.717) is 5.02 Å². The molecule has 0 atom stereocenters. The normalized spacial score (nSPS) is 11.3. The Bertz CT molecular complexity index is 770. The van der Waals surface area contributed by atoms with Crippen LogP contribution in [0.1, 0.15) is 10.4 Å². The summed E-state index contributed by atoms with van der Waals surface area (Å²) < 4.78 is 26.4. The van der Waals surface area contributed by atoms with E-state index in [9.17, 15) is 13.2 Å². The molecule has 2 aromatic rings. The van der Waals surface area contributed by atoms with E-state index >= 15 is 0 Å². The Morgan fingerprint density at radius 2 is 1.95 bits per heavy atom. The summed E-state index contributed by atoms with van der Waals surface area (Å²) in [6, 6.07) is 5.43. The maximum atomic E-state index is 12.1. The highest BCUT2D eigenvalue weighted by Gasteiger charge is 2.20. The van der Waals surface area contributed by atoms with Crippen LogP contribution in [0, 0.1) is 0 Å². The first-order chi connectivity index (χ1) is 9.29. The first kappa shape index (κ1) is 15.1. The molecule has 0 unspecified atom stereocenters. The zero-order chi connectivity index (χ0) is 14.9. The topological polar surface area (TPSA) is 83.5 Å². The average Bonchev–Trinajstić information content (AvgIpc) is 2.84. The number of carboxylic acids is 1. The van der Waals surface area contributed by atoms with Crippen molar-refractivity contribution in [3.63, 3.8) is 0 Å². The van der Waals surface area contributed by atoms with Crippen molar-refractivity contribution in [1.82, 2.24) is 0 Å². The number of halogens is 2. The van der Waals surface area contributed by atoms with E-state index in [1.165, 1.54) is 23.6 Å². The number of aromatic carboxylic acids is 1. The fraction of sp³-hybridized carbons (Fsp3) is 0. The maximum absolute atomic E-state index is 12.1. The Hall–Kier alpha value is -1.28. The first-order valence-electron chi connectivity index (χ1n) is 5.09. The fourth-order valence-corrected chi connectivity index (χ4v) is 3.96. The molecule has 2 N–H and O–H groups in total. The lowest BCUT2D eigenvalue weighted by atomic mass is 10.3. The number of rotatable bonds is 4. The van der Waals surface area contributed by atoms with E-state index in [-0.39, 0.29) is 20.5 Å². The molecule has 0 saturated carbocycles.